The van der Waals surface area contributed by atoms with Crippen molar-refractivity contribution in [3.8, 4) is 22.3 Å². The van der Waals surface area contributed by atoms with Gasteiger partial charge in [-0.05, 0) is 94.0 Å². The van der Waals surface area contributed by atoms with Gasteiger partial charge in [0.1, 0.15) is 33.5 Å². The molecule has 0 radical (unpaired) electrons. The zero-order valence-corrected chi connectivity index (χ0v) is 35.0. The Morgan fingerprint density at radius 2 is 0.846 bits per heavy atom. The summed E-state index contributed by atoms with van der Waals surface area (Å²) < 4.78 is 20.3. The third-order valence-corrected chi connectivity index (χ3v) is 13.7. The van der Waals surface area contributed by atoms with Crippen molar-refractivity contribution in [2.75, 3.05) is 4.90 Å². The lowest BCUT2D eigenvalue weighted by atomic mass is 9.67. The first-order chi connectivity index (χ1) is 32.2. The molecule has 3 heterocycles. The molecule has 3 aromatic heterocycles. The zero-order valence-electron chi connectivity index (χ0n) is 35.0. The lowest BCUT2D eigenvalue weighted by molar-refractivity contribution is 0.662. The predicted molar refractivity (Wildman–Crippen MR) is 266 cm³/mol. The van der Waals surface area contributed by atoms with E-state index >= 15 is 0 Å². The molecular formula is C61H37NO3. The van der Waals surface area contributed by atoms with Gasteiger partial charge >= 0.3 is 0 Å². The van der Waals surface area contributed by atoms with Crippen LogP contribution in [0.5, 0.6) is 0 Å². The highest BCUT2D eigenvalue weighted by Crippen LogP contribution is 2.58. The molecular weight excluding hydrogens is 795 g/mol. The fraction of sp³-hybridized carbons (Fsp3) is 0.0164. The summed E-state index contributed by atoms with van der Waals surface area (Å²) in [6.07, 6.45) is 0. The van der Waals surface area contributed by atoms with Crippen LogP contribution in [0.2, 0.25) is 0 Å². The SMILES string of the molecule is c1ccc(N(c2ccc3c(c2)C(c2ccccc2)(c2ccccc2)c2ccccc2-3)c2cc(-c3cccc4c3oc3ccccc34)c3oc4ccc5oc6ccccc6c5c4c3c2)cc1. The standard InChI is InChI=1S/C61H37NO3/c1-4-17-38(18-5-1)61(39-19-6-2-7-20-39)51-28-13-10-23-43(51)44-32-31-41(37-52(44)61)62(40-21-8-3-9-22-40)42-35-49(47-27-16-26-46-45-24-11-14-29-53(45)64-59(46)47)60-50(36-42)58-56(65-60)34-33-55-57(58)48-25-12-15-30-54(48)63-55/h1-37H. The van der Waals surface area contributed by atoms with Crippen LogP contribution >= 0.6 is 0 Å². The maximum Gasteiger partial charge on any atom is 0.143 e. The Morgan fingerprint density at radius 1 is 0.292 bits per heavy atom. The highest BCUT2D eigenvalue weighted by atomic mass is 16.3. The molecule has 0 fully saturated rings. The van der Waals surface area contributed by atoms with E-state index in [4.69, 9.17) is 13.3 Å². The van der Waals surface area contributed by atoms with Crippen molar-refractivity contribution in [1.82, 2.24) is 0 Å². The summed E-state index contributed by atoms with van der Waals surface area (Å²) in [5, 5.41) is 6.25. The van der Waals surface area contributed by atoms with Crippen LogP contribution in [0.15, 0.2) is 238 Å². The number of rotatable bonds is 6. The number of fused-ring (bicyclic) bond motifs is 13. The van der Waals surface area contributed by atoms with Crippen LogP contribution in [-0.2, 0) is 5.41 Å². The van der Waals surface area contributed by atoms with Crippen LogP contribution in [0.4, 0.5) is 17.1 Å². The second-order valence-corrected chi connectivity index (χ2v) is 17.1. The van der Waals surface area contributed by atoms with Crippen molar-refractivity contribution in [2.45, 2.75) is 5.41 Å². The number of anilines is 3. The molecule has 0 amide bonds. The van der Waals surface area contributed by atoms with Crippen molar-refractivity contribution in [3.05, 3.63) is 247 Å². The highest BCUT2D eigenvalue weighted by Gasteiger charge is 2.46. The summed E-state index contributed by atoms with van der Waals surface area (Å²) in [4.78, 5) is 2.40. The van der Waals surface area contributed by atoms with E-state index in [1.807, 2.05) is 36.4 Å². The molecule has 10 aromatic carbocycles. The molecule has 0 bridgehead atoms. The Bertz CT molecular complexity index is 3970. The highest BCUT2D eigenvalue weighted by molar-refractivity contribution is 6.28. The van der Waals surface area contributed by atoms with Crippen molar-refractivity contribution >= 4 is 82.9 Å². The quantitative estimate of drug-likeness (QED) is 0.167. The molecule has 13 aromatic rings. The van der Waals surface area contributed by atoms with Gasteiger partial charge in [-0.15, -0.1) is 0 Å². The topological polar surface area (TPSA) is 42.7 Å². The molecule has 0 atom stereocenters. The van der Waals surface area contributed by atoms with Gasteiger partial charge in [-0.25, -0.2) is 0 Å². The van der Waals surface area contributed by atoms with Gasteiger partial charge in [0.15, 0.2) is 0 Å². The monoisotopic (exact) mass is 831 g/mol. The summed E-state index contributed by atoms with van der Waals surface area (Å²) in [6.45, 7) is 0. The lowest BCUT2D eigenvalue weighted by Gasteiger charge is -2.35. The molecule has 4 heteroatoms. The molecule has 0 spiro atoms. The Morgan fingerprint density at radius 3 is 1.62 bits per heavy atom. The minimum Gasteiger partial charge on any atom is -0.456 e. The normalized spacial score (nSPS) is 13.0. The molecule has 0 saturated carbocycles. The Labute approximate surface area is 373 Å². The van der Waals surface area contributed by atoms with Crippen molar-refractivity contribution < 1.29 is 13.3 Å². The van der Waals surface area contributed by atoms with Crippen LogP contribution in [0.3, 0.4) is 0 Å². The third-order valence-electron chi connectivity index (χ3n) is 13.7. The maximum atomic E-state index is 7.05. The zero-order chi connectivity index (χ0) is 42.6. The molecule has 304 valence electrons. The molecule has 1 aliphatic carbocycles. The number of hydrogen-bond donors (Lipinski definition) is 0. The third kappa shape index (κ3) is 5.08. The second kappa shape index (κ2) is 13.7. The van der Waals surface area contributed by atoms with E-state index in [2.05, 4.69) is 193 Å². The number of benzene rings is 10. The van der Waals surface area contributed by atoms with Gasteiger partial charge in [0, 0.05) is 60.5 Å². The van der Waals surface area contributed by atoms with E-state index in [-0.39, 0.29) is 0 Å². The van der Waals surface area contributed by atoms with Crippen LogP contribution in [0.25, 0.3) is 88.1 Å². The van der Waals surface area contributed by atoms with Gasteiger partial charge in [0.05, 0.1) is 5.41 Å². The van der Waals surface area contributed by atoms with Crippen LogP contribution in [0, 0.1) is 0 Å². The van der Waals surface area contributed by atoms with Crippen molar-refractivity contribution in [1.29, 1.82) is 0 Å². The fourth-order valence-corrected chi connectivity index (χ4v) is 11.1. The van der Waals surface area contributed by atoms with E-state index in [1.54, 1.807) is 0 Å². The van der Waals surface area contributed by atoms with E-state index in [1.165, 1.54) is 33.4 Å². The summed E-state index contributed by atoms with van der Waals surface area (Å²) in [6, 6.07) is 80.3. The Balaban J connectivity index is 1.10. The lowest BCUT2D eigenvalue weighted by Crippen LogP contribution is -2.28. The van der Waals surface area contributed by atoms with E-state index in [0.717, 1.165) is 94.0 Å². The van der Waals surface area contributed by atoms with Crippen LogP contribution in [-0.4, -0.2) is 0 Å². The maximum absolute atomic E-state index is 7.05. The number of hydrogen-bond acceptors (Lipinski definition) is 4. The molecule has 0 unspecified atom stereocenters. The predicted octanol–water partition coefficient (Wildman–Crippen LogP) is 16.9. The average Bonchev–Trinajstić information content (AvgIpc) is 4.13. The molecule has 0 saturated heterocycles. The molecule has 65 heavy (non-hydrogen) atoms. The smallest absolute Gasteiger partial charge is 0.143 e. The molecule has 4 nitrogen and oxygen atoms in total. The first kappa shape index (κ1) is 35.9. The summed E-state index contributed by atoms with van der Waals surface area (Å²) >= 11 is 0. The molecule has 0 aliphatic heterocycles. The minimum absolute atomic E-state index is 0.562. The number of para-hydroxylation sites is 4. The largest absolute Gasteiger partial charge is 0.456 e. The molecule has 1 aliphatic rings. The minimum atomic E-state index is -0.562. The van der Waals surface area contributed by atoms with Gasteiger partial charge in [-0.1, -0.05) is 164 Å². The van der Waals surface area contributed by atoms with E-state index in [0.29, 0.717) is 0 Å². The second-order valence-electron chi connectivity index (χ2n) is 17.1. The summed E-state index contributed by atoms with van der Waals surface area (Å²) in [5.74, 6) is 0. The number of nitrogens with zero attached hydrogens (tertiary/aromatic N) is 1. The van der Waals surface area contributed by atoms with Gasteiger partial charge in [-0.3, -0.25) is 0 Å². The molecule has 0 N–H and O–H groups in total. The Kier molecular flexibility index (Phi) is 7.57. The van der Waals surface area contributed by atoms with Gasteiger partial charge in [0.2, 0.25) is 0 Å². The molecule has 14 rings (SSSR count). The summed E-state index contributed by atoms with van der Waals surface area (Å²) in [5.41, 5.74) is 16.8. The van der Waals surface area contributed by atoms with Gasteiger partial charge in [-0.2, -0.15) is 0 Å². The number of furan rings is 3. The Hall–Kier alpha value is -8.60. The van der Waals surface area contributed by atoms with Crippen LogP contribution < -0.4 is 4.90 Å². The van der Waals surface area contributed by atoms with Crippen molar-refractivity contribution in [3.63, 3.8) is 0 Å². The first-order valence-electron chi connectivity index (χ1n) is 22.2. The van der Waals surface area contributed by atoms with E-state index < -0.39 is 5.41 Å². The first-order valence-corrected chi connectivity index (χ1v) is 22.2. The van der Waals surface area contributed by atoms with Crippen molar-refractivity contribution in [2.24, 2.45) is 0 Å². The van der Waals surface area contributed by atoms with Gasteiger partial charge < -0.3 is 18.2 Å². The fourth-order valence-electron chi connectivity index (χ4n) is 11.1. The van der Waals surface area contributed by atoms with Gasteiger partial charge in [0.25, 0.3) is 0 Å². The summed E-state index contributed by atoms with van der Waals surface area (Å²) in [7, 11) is 0. The van der Waals surface area contributed by atoms with Crippen LogP contribution in [0.1, 0.15) is 22.3 Å². The van der Waals surface area contributed by atoms with E-state index in [9.17, 15) is 0 Å². The average molecular weight is 832 g/mol.